The van der Waals surface area contributed by atoms with Gasteiger partial charge in [0, 0.05) is 19.3 Å². The van der Waals surface area contributed by atoms with E-state index < -0.39 is 0 Å². The van der Waals surface area contributed by atoms with Crippen LogP contribution in [-0.2, 0) is 19.3 Å². The molecule has 0 fully saturated rings. The summed E-state index contributed by atoms with van der Waals surface area (Å²) in [7, 11) is 1.92. The van der Waals surface area contributed by atoms with Crippen LogP contribution in [0.25, 0.3) is 0 Å². The molecule has 96 valence electrons. The molecule has 1 heterocycles. The first kappa shape index (κ1) is 13.0. The molecule has 0 saturated carbocycles. The highest BCUT2D eigenvalue weighted by Crippen LogP contribution is 2.23. The summed E-state index contributed by atoms with van der Waals surface area (Å²) in [4.78, 5) is 0. The molecule has 0 amide bonds. The van der Waals surface area contributed by atoms with Gasteiger partial charge in [0.05, 0.1) is 0 Å². The van der Waals surface area contributed by atoms with Crippen molar-refractivity contribution in [1.82, 2.24) is 14.8 Å². The molecule has 0 unspecified atom stereocenters. The topological polar surface area (TPSA) is 56.7 Å². The quantitative estimate of drug-likeness (QED) is 0.860. The number of rotatable bonds is 4. The minimum atomic E-state index is -0.251. The lowest BCUT2D eigenvalue weighted by Gasteiger charge is -2.07. The van der Waals surface area contributed by atoms with Gasteiger partial charge >= 0.3 is 0 Å². The largest absolute Gasteiger partial charge is 0.326 e. The van der Waals surface area contributed by atoms with Gasteiger partial charge in [-0.25, -0.2) is 4.39 Å². The van der Waals surface area contributed by atoms with E-state index >= 15 is 0 Å². The lowest BCUT2D eigenvalue weighted by Crippen LogP contribution is -2.02. The van der Waals surface area contributed by atoms with Gasteiger partial charge in [-0.3, -0.25) is 0 Å². The molecule has 2 N–H and O–H groups in total. The Labute approximate surface area is 109 Å². The standard InChI is InChI=1S/C12H15FN4S/c1-8-15-16-12(17(8)2)18-7-9-3-4-11(13)5-10(9)6-14/h3-5H,6-7,14H2,1-2H3. The Balaban J connectivity index is 2.13. The van der Waals surface area contributed by atoms with Crippen molar-refractivity contribution >= 4 is 11.8 Å². The maximum atomic E-state index is 13.1. The molecule has 18 heavy (non-hydrogen) atoms. The summed E-state index contributed by atoms with van der Waals surface area (Å²) >= 11 is 1.57. The number of hydrogen-bond acceptors (Lipinski definition) is 4. The molecule has 0 aliphatic carbocycles. The third-order valence-electron chi connectivity index (χ3n) is 2.80. The van der Waals surface area contributed by atoms with Crippen LogP contribution in [0.4, 0.5) is 4.39 Å². The van der Waals surface area contributed by atoms with Crippen molar-refractivity contribution in [1.29, 1.82) is 0 Å². The molecular formula is C12H15FN4S. The minimum absolute atomic E-state index is 0.251. The van der Waals surface area contributed by atoms with E-state index in [0.717, 1.165) is 22.1 Å². The van der Waals surface area contributed by atoms with E-state index in [9.17, 15) is 4.39 Å². The Hall–Kier alpha value is -1.40. The Morgan fingerprint density at radius 1 is 1.33 bits per heavy atom. The van der Waals surface area contributed by atoms with Crippen LogP contribution in [0, 0.1) is 12.7 Å². The van der Waals surface area contributed by atoms with Crippen LogP contribution in [0.1, 0.15) is 17.0 Å². The molecular weight excluding hydrogens is 251 g/mol. The molecule has 6 heteroatoms. The van der Waals surface area contributed by atoms with Gasteiger partial charge in [-0.2, -0.15) is 0 Å². The molecule has 0 saturated heterocycles. The zero-order chi connectivity index (χ0) is 13.1. The van der Waals surface area contributed by atoms with Crippen LogP contribution < -0.4 is 5.73 Å². The van der Waals surface area contributed by atoms with Crippen molar-refractivity contribution in [2.75, 3.05) is 0 Å². The summed E-state index contributed by atoms with van der Waals surface area (Å²) in [5.74, 6) is 1.33. The molecule has 0 aliphatic rings. The van der Waals surface area contributed by atoms with E-state index in [2.05, 4.69) is 10.2 Å². The Morgan fingerprint density at radius 3 is 2.72 bits per heavy atom. The minimum Gasteiger partial charge on any atom is -0.326 e. The SMILES string of the molecule is Cc1nnc(SCc2ccc(F)cc2CN)n1C. The number of thioether (sulfide) groups is 1. The van der Waals surface area contributed by atoms with Crippen molar-refractivity contribution in [2.45, 2.75) is 24.4 Å². The second-order valence-electron chi connectivity index (χ2n) is 3.99. The van der Waals surface area contributed by atoms with Crippen molar-refractivity contribution in [2.24, 2.45) is 12.8 Å². The van der Waals surface area contributed by atoms with E-state index in [1.54, 1.807) is 17.8 Å². The van der Waals surface area contributed by atoms with Gasteiger partial charge < -0.3 is 10.3 Å². The fraction of sp³-hybridized carbons (Fsp3) is 0.333. The van der Waals surface area contributed by atoms with E-state index in [0.29, 0.717) is 12.3 Å². The second kappa shape index (κ2) is 5.49. The summed E-state index contributed by atoms with van der Waals surface area (Å²) < 4.78 is 15.0. The Morgan fingerprint density at radius 2 is 2.11 bits per heavy atom. The number of nitrogens with zero attached hydrogens (tertiary/aromatic N) is 3. The third kappa shape index (κ3) is 2.70. The van der Waals surface area contributed by atoms with Crippen LogP contribution in [0.3, 0.4) is 0 Å². The number of hydrogen-bond donors (Lipinski definition) is 1. The summed E-state index contributed by atoms with van der Waals surface area (Å²) in [5.41, 5.74) is 7.48. The van der Waals surface area contributed by atoms with Gasteiger partial charge in [0.15, 0.2) is 5.16 Å². The zero-order valence-corrected chi connectivity index (χ0v) is 11.2. The first-order chi connectivity index (χ1) is 8.61. The molecule has 0 radical (unpaired) electrons. The average Bonchev–Trinajstić information content (AvgIpc) is 2.68. The second-order valence-corrected chi connectivity index (χ2v) is 4.94. The Bertz CT molecular complexity index is 553. The summed E-state index contributed by atoms with van der Waals surface area (Å²) in [6, 6.07) is 4.71. The molecule has 2 rings (SSSR count). The Kier molecular flexibility index (Phi) is 3.98. The lowest BCUT2D eigenvalue weighted by atomic mass is 10.1. The van der Waals surface area contributed by atoms with E-state index in [1.807, 2.05) is 18.5 Å². The van der Waals surface area contributed by atoms with Crippen molar-refractivity contribution in [3.63, 3.8) is 0 Å². The third-order valence-corrected chi connectivity index (χ3v) is 3.87. The molecule has 0 atom stereocenters. The van der Waals surface area contributed by atoms with Crippen molar-refractivity contribution in [3.05, 3.63) is 41.0 Å². The monoisotopic (exact) mass is 266 g/mol. The van der Waals surface area contributed by atoms with Gasteiger partial charge in [-0.15, -0.1) is 10.2 Å². The number of nitrogens with two attached hydrogens (primary N) is 1. The highest BCUT2D eigenvalue weighted by atomic mass is 32.2. The van der Waals surface area contributed by atoms with Gasteiger partial charge in [0.1, 0.15) is 11.6 Å². The first-order valence-corrected chi connectivity index (χ1v) is 6.56. The predicted molar refractivity (Wildman–Crippen MR) is 69.6 cm³/mol. The number of aryl methyl sites for hydroxylation is 1. The van der Waals surface area contributed by atoms with Crippen LogP contribution >= 0.6 is 11.8 Å². The van der Waals surface area contributed by atoms with E-state index in [-0.39, 0.29) is 5.82 Å². The van der Waals surface area contributed by atoms with Crippen molar-refractivity contribution in [3.8, 4) is 0 Å². The fourth-order valence-electron chi connectivity index (χ4n) is 1.58. The summed E-state index contributed by atoms with van der Waals surface area (Å²) in [6.45, 7) is 2.24. The number of benzene rings is 1. The number of halogens is 1. The maximum absolute atomic E-state index is 13.1. The van der Waals surface area contributed by atoms with E-state index in [4.69, 9.17) is 5.73 Å². The lowest BCUT2D eigenvalue weighted by molar-refractivity contribution is 0.624. The van der Waals surface area contributed by atoms with Gasteiger partial charge in [0.25, 0.3) is 0 Å². The molecule has 1 aromatic heterocycles. The smallest absolute Gasteiger partial charge is 0.191 e. The highest BCUT2D eigenvalue weighted by molar-refractivity contribution is 7.98. The van der Waals surface area contributed by atoms with Gasteiger partial charge in [0.2, 0.25) is 0 Å². The van der Waals surface area contributed by atoms with Crippen LogP contribution in [0.15, 0.2) is 23.4 Å². The first-order valence-electron chi connectivity index (χ1n) is 5.58. The molecule has 0 bridgehead atoms. The fourth-order valence-corrected chi connectivity index (χ4v) is 2.57. The molecule has 1 aromatic carbocycles. The van der Waals surface area contributed by atoms with E-state index in [1.165, 1.54) is 12.1 Å². The predicted octanol–water partition coefficient (Wildman–Crippen LogP) is 2.01. The number of aromatic nitrogens is 3. The summed E-state index contributed by atoms with van der Waals surface area (Å²) in [6.07, 6.45) is 0. The summed E-state index contributed by atoms with van der Waals surface area (Å²) in [5, 5.41) is 8.91. The zero-order valence-electron chi connectivity index (χ0n) is 10.4. The van der Waals surface area contributed by atoms with Crippen LogP contribution in [0.5, 0.6) is 0 Å². The molecule has 2 aromatic rings. The molecule has 4 nitrogen and oxygen atoms in total. The molecule has 0 spiro atoms. The average molecular weight is 266 g/mol. The van der Waals surface area contributed by atoms with Gasteiger partial charge in [-0.1, -0.05) is 17.8 Å². The molecule has 0 aliphatic heterocycles. The van der Waals surface area contributed by atoms with Crippen LogP contribution in [0.2, 0.25) is 0 Å². The normalized spacial score (nSPS) is 10.9. The highest BCUT2D eigenvalue weighted by Gasteiger charge is 2.08. The van der Waals surface area contributed by atoms with Crippen molar-refractivity contribution < 1.29 is 4.39 Å². The van der Waals surface area contributed by atoms with Crippen LogP contribution in [-0.4, -0.2) is 14.8 Å². The van der Waals surface area contributed by atoms with Gasteiger partial charge in [-0.05, 0) is 30.2 Å². The maximum Gasteiger partial charge on any atom is 0.191 e.